The van der Waals surface area contributed by atoms with Crippen LogP contribution in [0.25, 0.3) is 0 Å². The summed E-state index contributed by atoms with van der Waals surface area (Å²) in [5, 5.41) is 4.98. The Bertz CT molecular complexity index is 405. The second kappa shape index (κ2) is 7.53. The Morgan fingerprint density at radius 1 is 1.37 bits per heavy atom. The number of rotatable bonds is 5. The zero-order chi connectivity index (χ0) is 13.7. The maximum absolute atomic E-state index is 6.35. The maximum Gasteiger partial charge on any atom is 0.0476 e. The van der Waals surface area contributed by atoms with E-state index in [1.807, 2.05) is 23.9 Å². The first-order valence-electron chi connectivity index (χ1n) is 6.92. The van der Waals surface area contributed by atoms with Gasteiger partial charge in [-0.3, -0.25) is 0 Å². The smallest absolute Gasteiger partial charge is 0.0476 e. The van der Waals surface area contributed by atoms with Crippen molar-refractivity contribution < 1.29 is 4.74 Å². The molecule has 0 atom stereocenters. The molecule has 0 amide bonds. The van der Waals surface area contributed by atoms with E-state index in [2.05, 4.69) is 25.2 Å². The SMILES string of the molecule is CC(C)NCc1c(Cl)cccc1SC1CCOCC1. The molecule has 2 rings (SSSR count). The molecule has 0 unspecified atom stereocenters. The zero-order valence-corrected chi connectivity index (χ0v) is 13.2. The highest BCUT2D eigenvalue weighted by molar-refractivity contribution is 8.00. The Balaban J connectivity index is 2.07. The minimum atomic E-state index is 0.470. The van der Waals surface area contributed by atoms with Crippen LogP contribution in [-0.2, 0) is 11.3 Å². The fraction of sp³-hybridized carbons (Fsp3) is 0.600. The van der Waals surface area contributed by atoms with Crippen molar-refractivity contribution in [1.82, 2.24) is 5.32 Å². The standard InChI is InChI=1S/C15H22ClNOS/c1-11(2)17-10-13-14(16)4-3-5-15(13)19-12-6-8-18-9-7-12/h3-5,11-12,17H,6-10H2,1-2H3. The summed E-state index contributed by atoms with van der Waals surface area (Å²) in [7, 11) is 0. The quantitative estimate of drug-likeness (QED) is 0.884. The number of thioether (sulfide) groups is 1. The first-order chi connectivity index (χ1) is 9.16. The number of hydrogen-bond acceptors (Lipinski definition) is 3. The van der Waals surface area contributed by atoms with Crippen LogP contribution in [-0.4, -0.2) is 24.5 Å². The number of halogens is 1. The lowest BCUT2D eigenvalue weighted by Crippen LogP contribution is -2.23. The molecule has 0 aliphatic carbocycles. The van der Waals surface area contributed by atoms with Gasteiger partial charge in [0.1, 0.15) is 0 Å². The van der Waals surface area contributed by atoms with E-state index < -0.39 is 0 Å². The van der Waals surface area contributed by atoms with Crippen molar-refractivity contribution >= 4 is 23.4 Å². The Kier molecular flexibility index (Phi) is 6.02. The fourth-order valence-electron chi connectivity index (χ4n) is 2.10. The maximum atomic E-state index is 6.35. The minimum Gasteiger partial charge on any atom is -0.381 e. The molecule has 1 saturated heterocycles. The van der Waals surface area contributed by atoms with Crippen LogP contribution >= 0.6 is 23.4 Å². The Hall–Kier alpha value is -0.220. The molecule has 1 aromatic carbocycles. The van der Waals surface area contributed by atoms with E-state index >= 15 is 0 Å². The minimum absolute atomic E-state index is 0.470. The molecule has 0 radical (unpaired) electrons. The topological polar surface area (TPSA) is 21.3 Å². The lowest BCUT2D eigenvalue weighted by atomic mass is 10.2. The number of ether oxygens (including phenoxy) is 1. The van der Waals surface area contributed by atoms with Gasteiger partial charge in [-0.25, -0.2) is 0 Å². The van der Waals surface area contributed by atoms with Gasteiger partial charge >= 0.3 is 0 Å². The van der Waals surface area contributed by atoms with Crippen molar-refractivity contribution in [3.05, 3.63) is 28.8 Å². The van der Waals surface area contributed by atoms with Gasteiger partial charge in [-0.2, -0.15) is 0 Å². The Morgan fingerprint density at radius 2 is 2.11 bits per heavy atom. The highest BCUT2D eigenvalue weighted by atomic mass is 35.5. The van der Waals surface area contributed by atoms with Crippen molar-refractivity contribution in [2.75, 3.05) is 13.2 Å². The molecule has 0 bridgehead atoms. The number of benzene rings is 1. The van der Waals surface area contributed by atoms with E-state index in [-0.39, 0.29) is 0 Å². The van der Waals surface area contributed by atoms with Crippen LogP contribution in [0.2, 0.25) is 5.02 Å². The number of nitrogens with one attached hydrogen (secondary N) is 1. The van der Waals surface area contributed by atoms with Crippen LogP contribution in [0.3, 0.4) is 0 Å². The molecule has 4 heteroatoms. The molecule has 0 saturated carbocycles. The summed E-state index contributed by atoms with van der Waals surface area (Å²) in [5.41, 5.74) is 1.23. The van der Waals surface area contributed by atoms with Crippen LogP contribution in [0, 0.1) is 0 Å². The van der Waals surface area contributed by atoms with E-state index in [0.29, 0.717) is 11.3 Å². The van der Waals surface area contributed by atoms with Crippen molar-refractivity contribution in [3.8, 4) is 0 Å². The van der Waals surface area contributed by atoms with Gasteiger partial charge < -0.3 is 10.1 Å². The van der Waals surface area contributed by atoms with Crippen LogP contribution in [0.5, 0.6) is 0 Å². The van der Waals surface area contributed by atoms with Gasteiger partial charge in [0.2, 0.25) is 0 Å². The lowest BCUT2D eigenvalue weighted by molar-refractivity contribution is 0.1000. The molecule has 2 nitrogen and oxygen atoms in total. The second-order valence-electron chi connectivity index (χ2n) is 5.18. The third-order valence-corrected chi connectivity index (χ3v) is 5.02. The molecule has 1 aliphatic rings. The van der Waals surface area contributed by atoms with Gasteiger partial charge in [0.25, 0.3) is 0 Å². The van der Waals surface area contributed by atoms with E-state index in [1.54, 1.807) is 0 Å². The molecule has 0 aromatic heterocycles. The molecular formula is C15H22ClNOS. The number of hydrogen-bond donors (Lipinski definition) is 1. The highest BCUT2D eigenvalue weighted by Crippen LogP contribution is 2.34. The summed E-state index contributed by atoms with van der Waals surface area (Å²) >= 11 is 8.31. The van der Waals surface area contributed by atoms with Gasteiger partial charge in [0, 0.05) is 41.0 Å². The van der Waals surface area contributed by atoms with Crippen molar-refractivity contribution in [3.63, 3.8) is 0 Å². The third-order valence-electron chi connectivity index (χ3n) is 3.22. The van der Waals surface area contributed by atoms with Crippen molar-refractivity contribution in [1.29, 1.82) is 0 Å². The van der Waals surface area contributed by atoms with Crippen LogP contribution < -0.4 is 5.32 Å². The second-order valence-corrected chi connectivity index (χ2v) is 6.93. The van der Waals surface area contributed by atoms with Gasteiger partial charge in [0.15, 0.2) is 0 Å². The third kappa shape index (κ3) is 4.67. The molecule has 1 aliphatic heterocycles. The van der Waals surface area contributed by atoms with Crippen molar-refractivity contribution in [2.24, 2.45) is 0 Å². The van der Waals surface area contributed by atoms with E-state index in [0.717, 1.165) is 37.6 Å². The molecule has 19 heavy (non-hydrogen) atoms. The predicted molar refractivity (Wildman–Crippen MR) is 83.1 cm³/mol. The molecule has 1 N–H and O–H groups in total. The van der Waals surface area contributed by atoms with Gasteiger partial charge in [-0.05, 0) is 30.5 Å². The van der Waals surface area contributed by atoms with E-state index in [9.17, 15) is 0 Å². The normalized spacial score (nSPS) is 17.1. The molecule has 0 spiro atoms. The Morgan fingerprint density at radius 3 is 2.79 bits per heavy atom. The molecule has 1 heterocycles. The highest BCUT2D eigenvalue weighted by Gasteiger charge is 2.17. The molecular weight excluding hydrogens is 278 g/mol. The van der Waals surface area contributed by atoms with Crippen LogP contribution in [0.4, 0.5) is 0 Å². The van der Waals surface area contributed by atoms with E-state index in [4.69, 9.17) is 16.3 Å². The first-order valence-corrected chi connectivity index (χ1v) is 8.17. The van der Waals surface area contributed by atoms with Gasteiger partial charge in [0.05, 0.1) is 0 Å². The largest absolute Gasteiger partial charge is 0.381 e. The zero-order valence-electron chi connectivity index (χ0n) is 11.6. The monoisotopic (exact) mass is 299 g/mol. The molecule has 106 valence electrons. The predicted octanol–water partition coefficient (Wildman–Crippen LogP) is 4.11. The summed E-state index contributed by atoms with van der Waals surface area (Å²) < 4.78 is 5.42. The van der Waals surface area contributed by atoms with Gasteiger partial charge in [-0.1, -0.05) is 31.5 Å². The Labute approximate surface area is 125 Å². The lowest BCUT2D eigenvalue weighted by Gasteiger charge is -2.23. The first kappa shape index (κ1) is 15.2. The van der Waals surface area contributed by atoms with Gasteiger partial charge in [-0.15, -0.1) is 11.8 Å². The average molecular weight is 300 g/mol. The molecule has 1 fully saturated rings. The van der Waals surface area contributed by atoms with Crippen molar-refractivity contribution in [2.45, 2.75) is 49.4 Å². The fourth-order valence-corrected chi connectivity index (χ4v) is 3.67. The average Bonchev–Trinajstić information content (AvgIpc) is 2.39. The summed E-state index contributed by atoms with van der Waals surface area (Å²) in [6.45, 7) is 6.92. The summed E-state index contributed by atoms with van der Waals surface area (Å²) in [6, 6.07) is 6.68. The summed E-state index contributed by atoms with van der Waals surface area (Å²) in [5.74, 6) is 0. The summed E-state index contributed by atoms with van der Waals surface area (Å²) in [4.78, 5) is 1.31. The summed E-state index contributed by atoms with van der Waals surface area (Å²) in [6.07, 6.45) is 2.27. The van der Waals surface area contributed by atoms with Crippen LogP contribution in [0.1, 0.15) is 32.3 Å². The van der Waals surface area contributed by atoms with Crippen LogP contribution in [0.15, 0.2) is 23.1 Å². The molecule has 1 aromatic rings. The van der Waals surface area contributed by atoms with E-state index in [1.165, 1.54) is 10.5 Å².